The molecule has 6 nitrogen and oxygen atoms in total. The third-order valence-electron chi connectivity index (χ3n) is 4.60. The van der Waals surface area contributed by atoms with E-state index >= 15 is 0 Å². The fourth-order valence-corrected chi connectivity index (χ4v) is 3.57. The summed E-state index contributed by atoms with van der Waals surface area (Å²) in [5, 5.41) is 12.1. The summed E-state index contributed by atoms with van der Waals surface area (Å²) in [5.41, 5.74) is 5.93. The van der Waals surface area contributed by atoms with E-state index in [1.54, 1.807) is 0 Å². The lowest BCUT2D eigenvalue weighted by atomic mass is 9.78. The Hall–Kier alpha value is -1.81. The molecule has 0 saturated heterocycles. The van der Waals surface area contributed by atoms with Crippen molar-refractivity contribution in [2.24, 2.45) is 11.8 Å². The number of rotatable bonds is 4. The highest BCUT2D eigenvalue weighted by molar-refractivity contribution is 8.00. The molecule has 1 heterocycles. The lowest BCUT2D eigenvalue weighted by Gasteiger charge is -2.35. The topological polar surface area (TPSA) is 105 Å². The van der Waals surface area contributed by atoms with Crippen LogP contribution in [0.25, 0.3) is 0 Å². The SMILES string of the molecule is C[C@H]1[C@H](C)CCC[C@H]1NC(=O)[C@H](C)Sc1ncc(C#N)c(N)n1. The first kappa shape index (κ1) is 17.5. The number of hydrogen-bond donors (Lipinski definition) is 2. The number of amides is 1. The fourth-order valence-electron chi connectivity index (χ4n) is 2.82. The maximum atomic E-state index is 12.4. The van der Waals surface area contributed by atoms with Crippen LogP contribution in [0.2, 0.25) is 0 Å². The summed E-state index contributed by atoms with van der Waals surface area (Å²) in [6, 6.07) is 2.16. The van der Waals surface area contributed by atoms with E-state index in [2.05, 4.69) is 29.1 Å². The summed E-state index contributed by atoms with van der Waals surface area (Å²) in [6.07, 6.45) is 4.82. The van der Waals surface area contributed by atoms with Gasteiger partial charge in [-0.1, -0.05) is 38.5 Å². The van der Waals surface area contributed by atoms with E-state index in [0.29, 0.717) is 17.0 Å². The number of nitrogens with one attached hydrogen (secondary N) is 1. The minimum Gasteiger partial charge on any atom is -0.382 e. The molecule has 0 aromatic carbocycles. The Balaban J connectivity index is 1.95. The molecule has 1 aliphatic rings. The van der Waals surface area contributed by atoms with Gasteiger partial charge >= 0.3 is 0 Å². The van der Waals surface area contributed by atoms with Crippen LogP contribution in [0.15, 0.2) is 11.4 Å². The fraction of sp³-hybridized carbons (Fsp3) is 0.625. The molecule has 124 valence electrons. The van der Waals surface area contributed by atoms with E-state index in [-0.39, 0.29) is 28.6 Å². The summed E-state index contributed by atoms with van der Waals surface area (Å²) >= 11 is 1.25. The first-order valence-corrected chi connectivity index (χ1v) is 8.80. The van der Waals surface area contributed by atoms with Gasteiger partial charge in [0, 0.05) is 6.04 Å². The monoisotopic (exact) mass is 333 g/mol. The van der Waals surface area contributed by atoms with Gasteiger partial charge in [0.2, 0.25) is 5.91 Å². The maximum absolute atomic E-state index is 12.4. The van der Waals surface area contributed by atoms with Crippen molar-refractivity contribution < 1.29 is 4.79 Å². The van der Waals surface area contributed by atoms with E-state index in [4.69, 9.17) is 11.0 Å². The summed E-state index contributed by atoms with van der Waals surface area (Å²) in [4.78, 5) is 20.5. The molecule has 3 N–H and O–H groups in total. The van der Waals surface area contributed by atoms with Crippen LogP contribution < -0.4 is 11.1 Å². The van der Waals surface area contributed by atoms with Gasteiger partial charge in [-0.05, 0) is 25.2 Å². The quantitative estimate of drug-likeness (QED) is 0.647. The molecule has 1 aliphatic carbocycles. The highest BCUT2D eigenvalue weighted by Gasteiger charge is 2.29. The zero-order valence-electron chi connectivity index (χ0n) is 13.7. The Morgan fingerprint density at radius 1 is 1.52 bits per heavy atom. The molecule has 0 spiro atoms. The Morgan fingerprint density at radius 2 is 2.26 bits per heavy atom. The third kappa shape index (κ3) is 4.35. The van der Waals surface area contributed by atoms with Crippen molar-refractivity contribution in [1.82, 2.24) is 15.3 Å². The molecule has 0 unspecified atom stereocenters. The molecule has 1 saturated carbocycles. The van der Waals surface area contributed by atoms with Crippen LogP contribution in [-0.4, -0.2) is 27.2 Å². The van der Waals surface area contributed by atoms with Crippen molar-refractivity contribution in [3.05, 3.63) is 11.8 Å². The Labute approximate surface area is 141 Å². The Morgan fingerprint density at radius 3 is 2.91 bits per heavy atom. The second kappa shape index (κ2) is 7.64. The molecule has 1 aromatic rings. The molecule has 0 aliphatic heterocycles. The molecule has 0 radical (unpaired) electrons. The van der Waals surface area contributed by atoms with Crippen molar-refractivity contribution in [3.8, 4) is 6.07 Å². The van der Waals surface area contributed by atoms with Gasteiger partial charge in [-0.2, -0.15) is 5.26 Å². The molecule has 2 rings (SSSR count). The molecule has 1 aromatic heterocycles. The van der Waals surface area contributed by atoms with Crippen molar-refractivity contribution in [2.45, 2.75) is 56.5 Å². The van der Waals surface area contributed by atoms with Gasteiger partial charge in [0.05, 0.1) is 11.4 Å². The van der Waals surface area contributed by atoms with Crippen LogP contribution in [0.3, 0.4) is 0 Å². The van der Waals surface area contributed by atoms with E-state index < -0.39 is 0 Å². The van der Waals surface area contributed by atoms with Crippen LogP contribution in [0.1, 0.15) is 45.6 Å². The van der Waals surface area contributed by atoms with Crippen LogP contribution >= 0.6 is 11.8 Å². The predicted octanol–water partition coefficient (Wildman–Crippen LogP) is 2.35. The summed E-state index contributed by atoms with van der Waals surface area (Å²) < 4.78 is 0. The van der Waals surface area contributed by atoms with E-state index in [1.807, 2.05) is 13.0 Å². The largest absolute Gasteiger partial charge is 0.382 e. The van der Waals surface area contributed by atoms with Gasteiger partial charge in [0.25, 0.3) is 0 Å². The number of anilines is 1. The van der Waals surface area contributed by atoms with Crippen LogP contribution in [0, 0.1) is 23.2 Å². The number of nitriles is 1. The number of aromatic nitrogens is 2. The van der Waals surface area contributed by atoms with Crippen molar-refractivity contribution in [2.75, 3.05) is 5.73 Å². The standard InChI is InChI=1S/C16H23N5OS/c1-9-5-4-6-13(10(9)2)20-15(22)11(3)23-16-19-8-12(7-17)14(18)21-16/h8-11,13H,4-6H2,1-3H3,(H,20,22)(H2,18,19,21)/t9-,10+,11+,13-/m1/s1. The zero-order chi connectivity index (χ0) is 17.0. The maximum Gasteiger partial charge on any atom is 0.233 e. The molecule has 0 bridgehead atoms. The van der Waals surface area contributed by atoms with Gasteiger partial charge in [-0.25, -0.2) is 9.97 Å². The van der Waals surface area contributed by atoms with E-state index in [1.165, 1.54) is 24.4 Å². The Bertz CT molecular complexity index is 615. The van der Waals surface area contributed by atoms with Gasteiger partial charge in [-0.3, -0.25) is 4.79 Å². The number of nitrogens with two attached hydrogens (primary N) is 1. The lowest BCUT2D eigenvalue weighted by Crippen LogP contribution is -2.46. The van der Waals surface area contributed by atoms with Crippen LogP contribution in [-0.2, 0) is 4.79 Å². The average Bonchev–Trinajstić information content (AvgIpc) is 2.52. The normalized spacial score (nSPS) is 25.4. The second-order valence-corrected chi connectivity index (χ2v) is 7.51. The predicted molar refractivity (Wildman–Crippen MR) is 90.6 cm³/mol. The number of carbonyl (C=O) groups is 1. The molecule has 1 amide bonds. The van der Waals surface area contributed by atoms with Crippen molar-refractivity contribution in [3.63, 3.8) is 0 Å². The molecule has 1 fully saturated rings. The smallest absolute Gasteiger partial charge is 0.233 e. The van der Waals surface area contributed by atoms with E-state index in [9.17, 15) is 4.79 Å². The van der Waals surface area contributed by atoms with Crippen LogP contribution in [0.4, 0.5) is 5.82 Å². The molecule has 23 heavy (non-hydrogen) atoms. The van der Waals surface area contributed by atoms with Crippen molar-refractivity contribution in [1.29, 1.82) is 5.26 Å². The summed E-state index contributed by atoms with van der Waals surface area (Å²) in [6.45, 7) is 6.28. The highest BCUT2D eigenvalue weighted by atomic mass is 32.2. The number of carbonyl (C=O) groups excluding carboxylic acids is 1. The van der Waals surface area contributed by atoms with Crippen molar-refractivity contribution >= 4 is 23.5 Å². The second-order valence-electron chi connectivity index (χ2n) is 6.21. The first-order valence-electron chi connectivity index (χ1n) is 7.92. The lowest BCUT2D eigenvalue weighted by molar-refractivity contribution is -0.121. The third-order valence-corrected chi connectivity index (χ3v) is 5.58. The summed E-state index contributed by atoms with van der Waals surface area (Å²) in [5.74, 6) is 1.27. The number of nitrogens with zero attached hydrogens (tertiary/aromatic N) is 3. The Kier molecular flexibility index (Phi) is 5.83. The molecule has 4 atom stereocenters. The molecular formula is C16H23N5OS. The van der Waals surface area contributed by atoms with Gasteiger partial charge < -0.3 is 11.1 Å². The average molecular weight is 333 g/mol. The number of hydrogen-bond acceptors (Lipinski definition) is 6. The van der Waals surface area contributed by atoms with E-state index in [0.717, 1.165) is 12.8 Å². The minimum atomic E-state index is -0.313. The van der Waals surface area contributed by atoms with Gasteiger partial charge in [0.15, 0.2) is 5.16 Å². The van der Waals surface area contributed by atoms with Crippen LogP contribution in [0.5, 0.6) is 0 Å². The first-order chi connectivity index (χ1) is 10.9. The number of thioether (sulfide) groups is 1. The summed E-state index contributed by atoms with van der Waals surface area (Å²) in [7, 11) is 0. The van der Waals surface area contributed by atoms with Gasteiger partial charge in [-0.15, -0.1) is 0 Å². The van der Waals surface area contributed by atoms with Gasteiger partial charge in [0.1, 0.15) is 17.5 Å². The minimum absolute atomic E-state index is 0.00696. The number of nitrogen functional groups attached to an aromatic ring is 1. The highest BCUT2D eigenvalue weighted by Crippen LogP contribution is 2.30. The molecule has 7 heteroatoms. The molecular weight excluding hydrogens is 310 g/mol. The zero-order valence-corrected chi connectivity index (χ0v) is 14.6.